The van der Waals surface area contributed by atoms with Crippen molar-refractivity contribution < 1.29 is 9.84 Å². The Kier molecular flexibility index (Phi) is 7.14. The number of rotatable bonds is 6. The van der Waals surface area contributed by atoms with E-state index in [4.69, 9.17) is 9.84 Å². The molecule has 0 aliphatic heterocycles. The van der Waals surface area contributed by atoms with E-state index in [9.17, 15) is 0 Å². The van der Waals surface area contributed by atoms with Crippen LogP contribution in [0.3, 0.4) is 0 Å². The molecule has 0 aliphatic carbocycles. The summed E-state index contributed by atoms with van der Waals surface area (Å²) in [4.78, 5) is 2.42. The molecular weight excluding hydrogens is 250 g/mol. The largest absolute Gasteiger partial charge is 0.496 e. The fraction of sp³-hybridized carbons (Fsp3) is 0.529. The average molecular weight is 275 g/mol. The summed E-state index contributed by atoms with van der Waals surface area (Å²) in [5.41, 5.74) is 2.05. The first-order valence-electron chi connectivity index (χ1n) is 7.16. The Morgan fingerprint density at radius 2 is 2.10 bits per heavy atom. The standard InChI is InChI=1S/C17H25NO2/c1-5-14(3)18(6-2)13-16-12-15(8-7-11-19)9-10-17(16)20-4/h9-10,12,14,19H,5-6,11,13H2,1-4H3. The quantitative estimate of drug-likeness (QED) is 0.810. The van der Waals surface area contributed by atoms with Gasteiger partial charge in [-0.05, 0) is 38.1 Å². The minimum atomic E-state index is -0.116. The summed E-state index contributed by atoms with van der Waals surface area (Å²) >= 11 is 0. The van der Waals surface area contributed by atoms with E-state index in [1.54, 1.807) is 7.11 Å². The fourth-order valence-electron chi connectivity index (χ4n) is 2.18. The lowest BCUT2D eigenvalue weighted by Gasteiger charge is -2.27. The molecule has 0 radical (unpaired) electrons. The van der Waals surface area contributed by atoms with Crippen molar-refractivity contribution in [2.75, 3.05) is 20.3 Å². The van der Waals surface area contributed by atoms with Crippen LogP contribution in [0.15, 0.2) is 18.2 Å². The number of hydrogen-bond donors (Lipinski definition) is 1. The van der Waals surface area contributed by atoms with Crippen LogP contribution < -0.4 is 4.74 Å². The molecule has 3 nitrogen and oxygen atoms in total. The molecule has 1 unspecified atom stereocenters. The summed E-state index contributed by atoms with van der Waals surface area (Å²) in [6, 6.07) is 6.45. The molecule has 0 aliphatic rings. The van der Waals surface area contributed by atoms with Crippen molar-refractivity contribution in [3.63, 3.8) is 0 Å². The summed E-state index contributed by atoms with van der Waals surface area (Å²) in [5.74, 6) is 6.52. The van der Waals surface area contributed by atoms with Crippen molar-refractivity contribution in [2.45, 2.75) is 39.8 Å². The van der Waals surface area contributed by atoms with Gasteiger partial charge in [0.1, 0.15) is 12.4 Å². The van der Waals surface area contributed by atoms with Crippen molar-refractivity contribution in [3.8, 4) is 17.6 Å². The molecule has 0 saturated heterocycles. The maximum Gasteiger partial charge on any atom is 0.123 e. The summed E-state index contributed by atoms with van der Waals surface area (Å²) in [6.07, 6.45) is 1.13. The number of hydrogen-bond acceptors (Lipinski definition) is 3. The smallest absolute Gasteiger partial charge is 0.123 e. The Morgan fingerprint density at radius 3 is 2.65 bits per heavy atom. The number of ether oxygens (including phenoxy) is 1. The first kappa shape index (κ1) is 16.6. The van der Waals surface area contributed by atoms with E-state index in [0.29, 0.717) is 6.04 Å². The van der Waals surface area contributed by atoms with Gasteiger partial charge < -0.3 is 9.84 Å². The Hall–Kier alpha value is -1.50. The molecule has 1 rings (SSSR count). The molecular formula is C17H25NO2. The molecule has 0 aromatic heterocycles. The van der Waals surface area contributed by atoms with Crippen LogP contribution in [-0.2, 0) is 6.54 Å². The molecule has 0 spiro atoms. The molecule has 0 amide bonds. The summed E-state index contributed by atoms with van der Waals surface area (Å²) in [7, 11) is 1.69. The van der Waals surface area contributed by atoms with Crippen LogP contribution in [-0.4, -0.2) is 36.3 Å². The zero-order valence-corrected chi connectivity index (χ0v) is 12.9. The molecule has 0 bridgehead atoms. The van der Waals surface area contributed by atoms with Gasteiger partial charge in [0.2, 0.25) is 0 Å². The highest BCUT2D eigenvalue weighted by atomic mass is 16.5. The van der Waals surface area contributed by atoms with E-state index < -0.39 is 0 Å². The minimum Gasteiger partial charge on any atom is -0.496 e. The van der Waals surface area contributed by atoms with E-state index in [2.05, 4.69) is 37.5 Å². The monoisotopic (exact) mass is 275 g/mol. The number of aliphatic hydroxyl groups is 1. The van der Waals surface area contributed by atoms with Crippen LogP contribution in [0.2, 0.25) is 0 Å². The van der Waals surface area contributed by atoms with Crippen LogP contribution >= 0.6 is 0 Å². The van der Waals surface area contributed by atoms with Gasteiger partial charge in [0.15, 0.2) is 0 Å². The molecule has 0 saturated carbocycles. The first-order valence-corrected chi connectivity index (χ1v) is 7.16. The van der Waals surface area contributed by atoms with Crippen molar-refractivity contribution in [1.29, 1.82) is 0 Å². The van der Waals surface area contributed by atoms with Gasteiger partial charge >= 0.3 is 0 Å². The van der Waals surface area contributed by atoms with Crippen LogP contribution in [0.1, 0.15) is 38.3 Å². The van der Waals surface area contributed by atoms with Crippen molar-refractivity contribution in [3.05, 3.63) is 29.3 Å². The van der Waals surface area contributed by atoms with Crippen molar-refractivity contribution >= 4 is 0 Å². The summed E-state index contributed by atoms with van der Waals surface area (Å²) < 4.78 is 5.44. The summed E-state index contributed by atoms with van der Waals surface area (Å²) in [6.45, 7) is 8.36. The Labute approximate surface area is 122 Å². The number of methoxy groups -OCH3 is 1. The maximum atomic E-state index is 8.78. The third kappa shape index (κ3) is 4.56. The van der Waals surface area contributed by atoms with Crippen LogP contribution in [0, 0.1) is 11.8 Å². The third-order valence-corrected chi connectivity index (χ3v) is 3.59. The van der Waals surface area contributed by atoms with Gasteiger partial charge in [0.05, 0.1) is 7.11 Å². The van der Waals surface area contributed by atoms with Gasteiger partial charge in [0, 0.05) is 23.7 Å². The molecule has 1 aromatic rings. The topological polar surface area (TPSA) is 32.7 Å². The Morgan fingerprint density at radius 1 is 1.35 bits per heavy atom. The van der Waals surface area contributed by atoms with Gasteiger partial charge in [-0.25, -0.2) is 0 Å². The van der Waals surface area contributed by atoms with E-state index in [1.807, 2.05) is 18.2 Å². The Balaban J connectivity index is 3.00. The molecule has 110 valence electrons. The zero-order valence-electron chi connectivity index (χ0n) is 12.9. The molecule has 0 fully saturated rings. The first-order chi connectivity index (χ1) is 9.65. The van der Waals surface area contributed by atoms with Gasteiger partial charge in [-0.15, -0.1) is 0 Å². The molecule has 1 N–H and O–H groups in total. The number of nitrogens with zero attached hydrogens (tertiary/aromatic N) is 1. The van der Waals surface area contributed by atoms with Crippen molar-refractivity contribution in [1.82, 2.24) is 4.90 Å². The normalized spacial score (nSPS) is 11.9. The van der Waals surface area contributed by atoms with Gasteiger partial charge in [-0.1, -0.05) is 25.7 Å². The van der Waals surface area contributed by atoms with Gasteiger partial charge in [0.25, 0.3) is 0 Å². The van der Waals surface area contributed by atoms with E-state index in [0.717, 1.165) is 36.4 Å². The van der Waals surface area contributed by atoms with Gasteiger partial charge in [-0.2, -0.15) is 0 Å². The summed E-state index contributed by atoms with van der Waals surface area (Å²) in [5, 5.41) is 8.78. The molecule has 20 heavy (non-hydrogen) atoms. The van der Waals surface area contributed by atoms with Crippen LogP contribution in [0.5, 0.6) is 5.75 Å². The lowest BCUT2D eigenvalue weighted by Crippen LogP contribution is -2.32. The van der Waals surface area contributed by atoms with Gasteiger partial charge in [-0.3, -0.25) is 4.90 Å². The SMILES string of the molecule is CCC(C)N(CC)Cc1cc(C#CCO)ccc1OC. The average Bonchev–Trinajstić information content (AvgIpc) is 2.49. The highest BCUT2D eigenvalue weighted by Crippen LogP contribution is 2.22. The maximum absolute atomic E-state index is 8.78. The second-order valence-electron chi connectivity index (χ2n) is 4.81. The van der Waals surface area contributed by atoms with E-state index in [-0.39, 0.29) is 6.61 Å². The number of aliphatic hydroxyl groups excluding tert-OH is 1. The highest BCUT2D eigenvalue weighted by Gasteiger charge is 2.13. The lowest BCUT2D eigenvalue weighted by atomic mass is 10.1. The number of benzene rings is 1. The lowest BCUT2D eigenvalue weighted by molar-refractivity contribution is 0.203. The van der Waals surface area contributed by atoms with E-state index >= 15 is 0 Å². The molecule has 1 atom stereocenters. The second kappa shape index (κ2) is 8.63. The third-order valence-electron chi connectivity index (χ3n) is 3.59. The van der Waals surface area contributed by atoms with Crippen molar-refractivity contribution in [2.24, 2.45) is 0 Å². The predicted molar refractivity (Wildman–Crippen MR) is 82.8 cm³/mol. The van der Waals surface area contributed by atoms with Crippen LogP contribution in [0.4, 0.5) is 0 Å². The Bertz CT molecular complexity index is 474. The molecule has 1 aromatic carbocycles. The second-order valence-corrected chi connectivity index (χ2v) is 4.81. The molecule has 3 heteroatoms. The molecule has 0 heterocycles. The zero-order chi connectivity index (χ0) is 15.0. The van der Waals surface area contributed by atoms with E-state index in [1.165, 1.54) is 0 Å². The fourth-order valence-corrected chi connectivity index (χ4v) is 2.18. The predicted octanol–water partition coefficient (Wildman–Crippen LogP) is 2.66. The van der Waals surface area contributed by atoms with Crippen LogP contribution in [0.25, 0.3) is 0 Å². The minimum absolute atomic E-state index is 0.116. The highest BCUT2D eigenvalue weighted by molar-refractivity contribution is 5.44.